The molecule has 0 saturated heterocycles. The first-order chi connectivity index (χ1) is 8.36. The van der Waals surface area contributed by atoms with Crippen molar-refractivity contribution in [3.8, 4) is 0 Å². The van der Waals surface area contributed by atoms with Crippen molar-refractivity contribution < 1.29 is 13.2 Å². The van der Waals surface area contributed by atoms with E-state index in [1.54, 1.807) is 6.92 Å². The van der Waals surface area contributed by atoms with Crippen LogP contribution in [0.25, 0.3) is 0 Å². The molecule has 6 nitrogen and oxygen atoms in total. The van der Waals surface area contributed by atoms with Crippen LogP contribution in [0.15, 0.2) is 4.21 Å². The summed E-state index contributed by atoms with van der Waals surface area (Å²) in [6.45, 7) is 1.55. The van der Waals surface area contributed by atoms with Gasteiger partial charge in [0.15, 0.2) is 9.34 Å². The van der Waals surface area contributed by atoms with Gasteiger partial charge < -0.3 is 5.32 Å². The van der Waals surface area contributed by atoms with Crippen LogP contribution in [0.1, 0.15) is 31.4 Å². The molecule has 8 heteroatoms. The second-order valence-corrected chi connectivity index (χ2v) is 7.24. The third-order valence-electron chi connectivity index (χ3n) is 2.96. The molecule has 0 atom stereocenters. The number of carbonyl (C=O) groups is 1. The van der Waals surface area contributed by atoms with E-state index in [-0.39, 0.29) is 10.1 Å². The van der Waals surface area contributed by atoms with Gasteiger partial charge in [0.25, 0.3) is 0 Å². The molecular weight excluding hydrogens is 274 g/mol. The zero-order chi connectivity index (χ0) is 13.3. The standard InChI is InChI=1S/C10H15N3O3S2/c1-6-9(18(11,15)16)17-10(12-6)13-8(14)5-7-3-2-4-7/h7H,2-5H2,1H3,(H2,11,15,16)(H,12,13,14). The van der Waals surface area contributed by atoms with Crippen LogP contribution in [0.4, 0.5) is 5.13 Å². The Morgan fingerprint density at radius 1 is 1.56 bits per heavy atom. The molecular formula is C10H15N3O3S2. The van der Waals surface area contributed by atoms with Crippen LogP contribution in [-0.4, -0.2) is 19.3 Å². The van der Waals surface area contributed by atoms with Gasteiger partial charge in [0, 0.05) is 6.42 Å². The number of aryl methyl sites for hydroxylation is 1. The maximum Gasteiger partial charge on any atom is 0.249 e. The molecule has 0 unspecified atom stereocenters. The Balaban J connectivity index is 2.03. The molecule has 1 amide bonds. The van der Waals surface area contributed by atoms with Crippen LogP contribution >= 0.6 is 11.3 Å². The fraction of sp³-hybridized carbons (Fsp3) is 0.600. The molecule has 1 aliphatic carbocycles. The van der Waals surface area contributed by atoms with Crippen molar-refractivity contribution in [1.82, 2.24) is 4.98 Å². The van der Waals surface area contributed by atoms with Gasteiger partial charge in [-0.2, -0.15) is 0 Å². The second-order valence-electron chi connectivity index (χ2n) is 4.49. The smallest absolute Gasteiger partial charge is 0.249 e. The van der Waals surface area contributed by atoms with E-state index in [0.29, 0.717) is 23.2 Å². The summed E-state index contributed by atoms with van der Waals surface area (Å²) in [5, 5.41) is 7.96. The molecule has 0 bridgehead atoms. The second kappa shape index (κ2) is 4.94. The summed E-state index contributed by atoms with van der Waals surface area (Å²) in [5.74, 6) is 0.346. The van der Waals surface area contributed by atoms with E-state index in [1.807, 2.05) is 0 Å². The molecule has 1 fully saturated rings. The van der Waals surface area contributed by atoms with Crippen LogP contribution in [0.3, 0.4) is 0 Å². The normalized spacial score (nSPS) is 16.3. The number of primary sulfonamides is 1. The van der Waals surface area contributed by atoms with Gasteiger partial charge in [0.1, 0.15) is 0 Å². The Labute approximate surface area is 110 Å². The van der Waals surface area contributed by atoms with Gasteiger partial charge in [-0.1, -0.05) is 17.8 Å². The van der Waals surface area contributed by atoms with Crippen LogP contribution in [0, 0.1) is 12.8 Å². The van der Waals surface area contributed by atoms with Gasteiger partial charge in [0.05, 0.1) is 5.69 Å². The van der Waals surface area contributed by atoms with Crippen molar-refractivity contribution in [3.05, 3.63) is 5.69 Å². The Kier molecular flexibility index (Phi) is 3.69. The Hall–Kier alpha value is -0.990. The number of sulfonamides is 1. The maximum atomic E-state index is 11.7. The molecule has 100 valence electrons. The lowest BCUT2D eigenvalue weighted by atomic mass is 9.83. The van der Waals surface area contributed by atoms with Crippen LogP contribution in [0.5, 0.6) is 0 Å². The highest BCUT2D eigenvalue weighted by molar-refractivity contribution is 7.91. The number of hydrogen-bond acceptors (Lipinski definition) is 5. The summed E-state index contributed by atoms with van der Waals surface area (Å²) in [7, 11) is -3.76. The minimum Gasteiger partial charge on any atom is -0.302 e. The third kappa shape index (κ3) is 3.06. The molecule has 0 aliphatic heterocycles. The van der Waals surface area contributed by atoms with E-state index in [1.165, 1.54) is 6.42 Å². The van der Waals surface area contributed by atoms with Gasteiger partial charge in [-0.3, -0.25) is 4.79 Å². The fourth-order valence-corrected chi connectivity index (χ4v) is 3.70. The first-order valence-electron chi connectivity index (χ1n) is 5.66. The summed E-state index contributed by atoms with van der Waals surface area (Å²) in [5.41, 5.74) is 0.321. The number of thiazole rings is 1. The number of nitrogens with one attached hydrogen (secondary N) is 1. The fourth-order valence-electron chi connectivity index (χ4n) is 1.83. The largest absolute Gasteiger partial charge is 0.302 e. The van der Waals surface area contributed by atoms with Crippen molar-refractivity contribution in [2.45, 2.75) is 36.8 Å². The lowest BCUT2D eigenvalue weighted by Gasteiger charge is -2.24. The van der Waals surface area contributed by atoms with Crippen molar-refractivity contribution in [2.75, 3.05) is 5.32 Å². The zero-order valence-electron chi connectivity index (χ0n) is 9.97. The molecule has 0 spiro atoms. The molecule has 1 aromatic rings. The summed E-state index contributed by atoms with van der Waals surface area (Å²) in [4.78, 5) is 15.7. The average molecular weight is 289 g/mol. The van der Waals surface area contributed by atoms with E-state index in [9.17, 15) is 13.2 Å². The highest BCUT2D eigenvalue weighted by Gasteiger charge is 2.22. The molecule has 3 N–H and O–H groups in total. The minimum absolute atomic E-state index is 0.00134. The number of aromatic nitrogens is 1. The van der Waals surface area contributed by atoms with Gasteiger partial charge >= 0.3 is 0 Å². The van der Waals surface area contributed by atoms with Crippen molar-refractivity contribution >= 4 is 32.4 Å². The van der Waals surface area contributed by atoms with E-state index in [0.717, 1.165) is 24.2 Å². The monoisotopic (exact) mass is 289 g/mol. The van der Waals surface area contributed by atoms with Gasteiger partial charge in [-0.25, -0.2) is 18.5 Å². The molecule has 2 rings (SSSR count). The van der Waals surface area contributed by atoms with E-state index in [2.05, 4.69) is 10.3 Å². The summed E-state index contributed by atoms with van der Waals surface area (Å²) in [6, 6.07) is 0. The summed E-state index contributed by atoms with van der Waals surface area (Å²) in [6.07, 6.45) is 3.84. The number of amides is 1. The Morgan fingerprint density at radius 3 is 2.67 bits per heavy atom. The number of nitrogens with zero attached hydrogens (tertiary/aromatic N) is 1. The van der Waals surface area contributed by atoms with Crippen molar-refractivity contribution in [2.24, 2.45) is 11.1 Å². The average Bonchev–Trinajstić information content (AvgIpc) is 2.52. The minimum atomic E-state index is -3.76. The zero-order valence-corrected chi connectivity index (χ0v) is 11.6. The number of hydrogen-bond donors (Lipinski definition) is 2. The predicted molar refractivity (Wildman–Crippen MR) is 68.8 cm³/mol. The highest BCUT2D eigenvalue weighted by atomic mass is 32.2. The Morgan fingerprint density at radius 2 is 2.22 bits per heavy atom. The number of carbonyl (C=O) groups excluding carboxylic acids is 1. The number of rotatable bonds is 4. The van der Waals surface area contributed by atoms with Crippen LogP contribution < -0.4 is 10.5 Å². The van der Waals surface area contributed by atoms with Crippen molar-refractivity contribution in [1.29, 1.82) is 0 Å². The lowest BCUT2D eigenvalue weighted by molar-refractivity contribution is -0.117. The summed E-state index contributed by atoms with van der Waals surface area (Å²) >= 11 is 0.891. The van der Waals surface area contributed by atoms with Gasteiger partial charge in [-0.15, -0.1) is 0 Å². The molecule has 1 aromatic heterocycles. The predicted octanol–water partition coefficient (Wildman–Crippen LogP) is 1.23. The number of anilines is 1. The number of nitrogens with two attached hydrogens (primary N) is 1. The molecule has 1 heterocycles. The topological polar surface area (TPSA) is 102 Å². The molecule has 0 radical (unpaired) electrons. The van der Waals surface area contributed by atoms with Gasteiger partial charge in [-0.05, 0) is 25.7 Å². The van der Waals surface area contributed by atoms with Crippen LogP contribution in [0.2, 0.25) is 0 Å². The maximum absolute atomic E-state index is 11.7. The van der Waals surface area contributed by atoms with Gasteiger partial charge in [0.2, 0.25) is 15.9 Å². The highest BCUT2D eigenvalue weighted by Crippen LogP contribution is 2.30. The quantitative estimate of drug-likeness (QED) is 0.870. The SMILES string of the molecule is Cc1nc(NC(=O)CC2CCC2)sc1S(N)(=O)=O. The first-order valence-corrected chi connectivity index (χ1v) is 8.02. The lowest BCUT2D eigenvalue weighted by Crippen LogP contribution is -2.20. The first kappa shape index (κ1) is 13.4. The van der Waals surface area contributed by atoms with Crippen molar-refractivity contribution in [3.63, 3.8) is 0 Å². The molecule has 1 saturated carbocycles. The van der Waals surface area contributed by atoms with E-state index >= 15 is 0 Å². The van der Waals surface area contributed by atoms with E-state index < -0.39 is 10.0 Å². The van der Waals surface area contributed by atoms with E-state index in [4.69, 9.17) is 5.14 Å². The van der Waals surface area contributed by atoms with Crippen LogP contribution in [-0.2, 0) is 14.8 Å². The molecule has 1 aliphatic rings. The summed E-state index contributed by atoms with van der Waals surface area (Å²) < 4.78 is 22.4. The molecule has 18 heavy (non-hydrogen) atoms. The molecule has 0 aromatic carbocycles. The Bertz CT molecular complexity index is 561. The third-order valence-corrected chi connectivity index (χ3v) is 5.58.